The van der Waals surface area contributed by atoms with Crippen molar-refractivity contribution in [1.82, 2.24) is 4.90 Å². The van der Waals surface area contributed by atoms with Crippen LogP contribution in [0.1, 0.15) is 0 Å². The second kappa shape index (κ2) is 9.85. The summed E-state index contributed by atoms with van der Waals surface area (Å²) in [7, 11) is 3.38. The monoisotopic (exact) mass is 133 g/mol. The van der Waals surface area contributed by atoms with Gasteiger partial charge in [-0.15, -0.1) is 0 Å². The van der Waals surface area contributed by atoms with Crippen molar-refractivity contribution in [2.75, 3.05) is 14.1 Å². The molecule has 0 bridgehead atoms. The third-order valence-electron chi connectivity index (χ3n) is 0.211. The SMILES string of the molecule is CN(C)C=O.O.[CaH2]. The van der Waals surface area contributed by atoms with Crippen molar-refractivity contribution in [3.05, 3.63) is 0 Å². The van der Waals surface area contributed by atoms with Gasteiger partial charge in [0.25, 0.3) is 0 Å². The third-order valence-corrected chi connectivity index (χ3v) is 0.211. The molecule has 0 aliphatic rings. The fraction of sp³-hybridized carbons (Fsp3) is 0.667. The number of hydrogen-bond acceptors (Lipinski definition) is 1. The zero-order chi connectivity index (χ0) is 4.28. The fourth-order valence-corrected chi connectivity index (χ4v) is 0. The molecule has 7 heavy (non-hydrogen) atoms. The van der Waals surface area contributed by atoms with Crippen LogP contribution < -0.4 is 0 Å². The van der Waals surface area contributed by atoms with E-state index in [4.69, 9.17) is 0 Å². The minimum absolute atomic E-state index is 0. The van der Waals surface area contributed by atoms with Crippen LogP contribution in [0.25, 0.3) is 0 Å². The van der Waals surface area contributed by atoms with Gasteiger partial charge in [0.2, 0.25) is 6.41 Å². The third kappa shape index (κ3) is 20.3. The van der Waals surface area contributed by atoms with Crippen molar-refractivity contribution in [1.29, 1.82) is 0 Å². The normalized spacial score (nSPS) is 4.86. The summed E-state index contributed by atoms with van der Waals surface area (Å²) < 4.78 is 0. The number of amides is 1. The second-order valence-corrected chi connectivity index (χ2v) is 1.07. The molecule has 0 aromatic rings. The average molecular weight is 133 g/mol. The van der Waals surface area contributed by atoms with Crippen molar-refractivity contribution < 1.29 is 10.3 Å². The number of nitrogens with zero attached hydrogens (tertiary/aromatic N) is 1. The molecule has 0 aromatic heterocycles. The van der Waals surface area contributed by atoms with Gasteiger partial charge in [0.1, 0.15) is 0 Å². The Kier molecular flexibility index (Phi) is 22.0. The summed E-state index contributed by atoms with van der Waals surface area (Å²) in [5, 5.41) is 0. The van der Waals surface area contributed by atoms with Gasteiger partial charge in [0.15, 0.2) is 0 Å². The van der Waals surface area contributed by atoms with E-state index in [0.29, 0.717) is 0 Å². The predicted octanol–water partition coefficient (Wildman–Crippen LogP) is -2.04. The van der Waals surface area contributed by atoms with E-state index in [0.717, 1.165) is 6.41 Å². The van der Waals surface area contributed by atoms with Gasteiger partial charge in [-0.2, -0.15) is 0 Å². The van der Waals surface area contributed by atoms with Crippen molar-refractivity contribution in [2.45, 2.75) is 0 Å². The summed E-state index contributed by atoms with van der Waals surface area (Å²) in [6, 6.07) is 0. The van der Waals surface area contributed by atoms with E-state index in [1.165, 1.54) is 4.90 Å². The van der Waals surface area contributed by atoms with Crippen LogP contribution in [-0.4, -0.2) is 68.6 Å². The van der Waals surface area contributed by atoms with Crippen LogP contribution >= 0.6 is 0 Å². The van der Waals surface area contributed by atoms with Crippen LogP contribution in [0.3, 0.4) is 0 Å². The Labute approximate surface area is 73.0 Å². The van der Waals surface area contributed by atoms with E-state index in [1.54, 1.807) is 14.1 Å². The Hall–Kier alpha value is 0.690. The van der Waals surface area contributed by atoms with Gasteiger partial charge < -0.3 is 10.4 Å². The van der Waals surface area contributed by atoms with Gasteiger partial charge in [0.05, 0.1) is 0 Å². The van der Waals surface area contributed by atoms with Gasteiger partial charge in [-0.25, -0.2) is 0 Å². The molecule has 4 heteroatoms. The molecule has 0 fully saturated rings. The Morgan fingerprint density at radius 3 is 1.57 bits per heavy atom. The fourth-order valence-electron chi connectivity index (χ4n) is 0. The summed E-state index contributed by atoms with van der Waals surface area (Å²) in [4.78, 5) is 10.9. The molecule has 3 nitrogen and oxygen atoms in total. The average Bonchev–Trinajstić information content (AvgIpc) is 1.38. The van der Waals surface area contributed by atoms with Crippen LogP contribution in [0.2, 0.25) is 0 Å². The van der Waals surface area contributed by atoms with Crippen LogP contribution in [0.5, 0.6) is 0 Å². The van der Waals surface area contributed by atoms with E-state index in [2.05, 4.69) is 0 Å². The van der Waals surface area contributed by atoms with E-state index in [-0.39, 0.29) is 43.2 Å². The molecule has 0 heterocycles. The van der Waals surface area contributed by atoms with Gasteiger partial charge in [-0.1, -0.05) is 0 Å². The first kappa shape index (κ1) is 15.6. The number of hydrogen-bond donors (Lipinski definition) is 0. The molecule has 0 atom stereocenters. The first-order valence-electron chi connectivity index (χ1n) is 1.39. The molecule has 2 N–H and O–H groups in total. The molecule has 1 amide bonds. The Morgan fingerprint density at radius 2 is 1.57 bits per heavy atom. The summed E-state index contributed by atoms with van der Waals surface area (Å²) in [6.07, 6.45) is 0.750. The van der Waals surface area contributed by atoms with E-state index < -0.39 is 0 Å². The van der Waals surface area contributed by atoms with Crippen molar-refractivity contribution >= 4 is 44.1 Å². The van der Waals surface area contributed by atoms with Crippen LogP contribution in [0.15, 0.2) is 0 Å². The van der Waals surface area contributed by atoms with E-state index in [9.17, 15) is 4.79 Å². The Balaban J connectivity index is -0.0000000800. The van der Waals surface area contributed by atoms with Crippen LogP contribution in [0.4, 0.5) is 0 Å². The molecule has 42 valence electrons. The minimum atomic E-state index is 0. The molecule has 0 unspecified atom stereocenters. The molecule has 0 spiro atoms. The van der Waals surface area contributed by atoms with Crippen LogP contribution in [0, 0.1) is 0 Å². The maximum atomic E-state index is 9.43. The molecule has 0 aliphatic carbocycles. The first-order chi connectivity index (χ1) is 2.27. The summed E-state index contributed by atoms with van der Waals surface area (Å²) in [6.45, 7) is 0. The van der Waals surface area contributed by atoms with Crippen molar-refractivity contribution in [3.8, 4) is 0 Å². The number of carbonyl (C=O) groups excluding carboxylic acids is 1. The Bertz CT molecular complexity index is 39.9. The zero-order valence-corrected chi connectivity index (χ0v) is 3.93. The van der Waals surface area contributed by atoms with Gasteiger partial charge >= 0.3 is 37.7 Å². The molecule has 0 aliphatic heterocycles. The molecule has 0 saturated heterocycles. The molecular formula is C3H11CaNO2. The molecule has 0 radical (unpaired) electrons. The summed E-state index contributed by atoms with van der Waals surface area (Å²) in [5.41, 5.74) is 0. The topological polar surface area (TPSA) is 51.8 Å². The van der Waals surface area contributed by atoms with Crippen molar-refractivity contribution in [2.24, 2.45) is 0 Å². The first-order valence-corrected chi connectivity index (χ1v) is 1.39. The maximum absolute atomic E-state index is 9.43. The van der Waals surface area contributed by atoms with Gasteiger partial charge in [-0.05, 0) is 0 Å². The molecule has 0 aromatic carbocycles. The zero-order valence-electron chi connectivity index (χ0n) is 3.93. The quantitative estimate of drug-likeness (QED) is 0.300. The van der Waals surface area contributed by atoms with Crippen molar-refractivity contribution in [3.63, 3.8) is 0 Å². The Morgan fingerprint density at radius 1 is 1.43 bits per heavy atom. The van der Waals surface area contributed by atoms with E-state index >= 15 is 0 Å². The van der Waals surface area contributed by atoms with Crippen LogP contribution in [-0.2, 0) is 4.79 Å². The predicted molar refractivity (Wildman–Crippen MR) is 31.9 cm³/mol. The second-order valence-electron chi connectivity index (χ2n) is 1.07. The number of carbonyl (C=O) groups is 1. The van der Waals surface area contributed by atoms with Gasteiger partial charge in [0, 0.05) is 14.1 Å². The number of rotatable bonds is 1. The molecule has 0 saturated carbocycles. The standard InChI is InChI=1S/C3H7NO.Ca.H2O.2H/c1-4(2)3-5;;;;/h3H,1-2H3;;1H2;;. The van der Waals surface area contributed by atoms with Gasteiger partial charge in [-0.3, -0.25) is 4.79 Å². The molecule has 0 rings (SSSR count). The molecular weight excluding hydrogens is 122 g/mol. The summed E-state index contributed by atoms with van der Waals surface area (Å²) >= 11 is 0. The van der Waals surface area contributed by atoms with E-state index in [1.807, 2.05) is 0 Å². The summed E-state index contributed by atoms with van der Waals surface area (Å²) in [5.74, 6) is 0.